The van der Waals surface area contributed by atoms with Crippen LogP contribution in [0, 0.1) is 13.8 Å². The van der Waals surface area contributed by atoms with E-state index in [2.05, 4.69) is 204 Å². The summed E-state index contributed by atoms with van der Waals surface area (Å²) in [6, 6.07) is 60.6. The van der Waals surface area contributed by atoms with Crippen molar-refractivity contribution in [3.8, 4) is 0 Å². The van der Waals surface area contributed by atoms with Gasteiger partial charge in [0, 0.05) is 55.1 Å². The van der Waals surface area contributed by atoms with Gasteiger partial charge in [-0.25, -0.2) is 0 Å². The van der Waals surface area contributed by atoms with Crippen LogP contribution in [0.15, 0.2) is 189 Å². The second-order valence-corrected chi connectivity index (χ2v) is 16.2. The molecule has 0 N–H and O–H groups in total. The molecule has 12 rings (SSSR count). The lowest BCUT2D eigenvalue weighted by Crippen LogP contribution is -2.11. The third-order valence-corrected chi connectivity index (χ3v) is 12.6. The van der Waals surface area contributed by atoms with E-state index in [1.54, 1.807) is 11.3 Å². The van der Waals surface area contributed by atoms with Crippen LogP contribution in [0.4, 0.5) is 34.1 Å². The zero-order valence-electron chi connectivity index (χ0n) is 32.4. The Hall–Kier alpha value is -7.34. The summed E-state index contributed by atoms with van der Waals surface area (Å²) in [5.41, 5.74) is 12.2. The van der Waals surface area contributed by atoms with Crippen LogP contribution in [0.1, 0.15) is 11.1 Å². The molecule has 12 aromatic rings. The lowest BCUT2D eigenvalue weighted by atomic mass is 9.91. The van der Waals surface area contributed by atoms with Gasteiger partial charge >= 0.3 is 0 Å². The summed E-state index contributed by atoms with van der Waals surface area (Å²) < 4.78 is 14.3. The molecule has 0 aliphatic rings. The molecule has 280 valence electrons. The second kappa shape index (κ2) is 13.1. The standard InChI is InChI=1S/C54H36N2O2S/c1-33-21-25-37(26-22-33)55(35-13-5-3-6-14-35)45-29-41-43-31-59-32-44(43)42-30-46(56(36-15-7-4-8-16-36)38-27-23-34(2)24-28-38)50-40-18-10-12-20-48(40)58-54(50)52(42)51(41)53-49(45)39-17-9-11-19-47(39)57-53/h3-32H,1-2H3. The fourth-order valence-corrected chi connectivity index (χ4v) is 9.99. The molecular formula is C54H36N2O2S. The van der Waals surface area contributed by atoms with Crippen LogP contribution in [-0.2, 0) is 0 Å². The highest BCUT2D eigenvalue weighted by Crippen LogP contribution is 2.54. The number of hydrogen-bond donors (Lipinski definition) is 0. The van der Waals surface area contributed by atoms with Gasteiger partial charge in [0.05, 0.1) is 22.1 Å². The van der Waals surface area contributed by atoms with Gasteiger partial charge in [0.1, 0.15) is 22.3 Å². The minimum Gasteiger partial charge on any atom is -0.455 e. The van der Waals surface area contributed by atoms with Gasteiger partial charge < -0.3 is 18.6 Å². The first-order valence-corrected chi connectivity index (χ1v) is 20.9. The molecule has 0 aliphatic heterocycles. The predicted molar refractivity (Wildman–Crippen MR) is 250 cm³/mol. The molecule has 0 spiro atoms. The van der Waals surface area contributed by atoms with Gasteiger partial charge in [0.25, 0.3) is 0 Å². The summed E-state index contributed by atoms with van der Waals surface area (Å²) in [4.78, 5) is 4.76. The van der Waals surface area contributed by atoms with Gasteiger partial charge in [-0.3, -0.25) is 0 Å². The number of aryl methyl sites for hydroxylation is 2. The lowest BCUT2D eigenvalue weighted by Gasteiger charge is -2.28. The van der Waals surface area contributed by atoms with E-state index in [1.807, 2.05) is 0 Å². The zero-order valence-corrected chi connectivity index (χ0v) is 33.3. The number of furan rings is 2. The number of benzene rings is 9. The van der Waals surface area contributed by atoms with Crippen LogP contribution in [-0.4, -0.2) is 0 Å². The normalized spacial score (nSPS) is 11.9. The van der Waals surface area contributed by atoms with E-state index in [0.717, 1.165) is 99.5 Å². The fraction of sp³-hybridized carbons (Fsp3) is 0.0370. The highest BCUT2D eigenvalue weighted by molar-refractivity contribution is 7.09. The molecule has 3 heterocycles. The maximum Gasteiger partial charge on any atom is 0.146 e. The van der Waals surface area contributed by atoms with Gasteiger partial charge in [-0.2, -0.15) is 11.3 Å². The maximum atomic E-state index is 7.16. The monoisotopic (exact) mass is 776 g/mol. The number of para-hydroxylation sites is 4. The van der Waals surface area contributed by atoms with E-state index in [0.29, 0.717) is 0 Å². The quantitative estimate of drug-likeness (QED) is 0.157. The van der Waals surface area contributed by atoms with E-state index in [4.69, 9.17) is 8.83 Å². The molecule has 0 aliphatic carbocycles. The Bertz CT molecular complexity index is 3330. The second-order valence-electron chi connectivity index (χ2n) is 15.5. The van der Waals surface area contributed by atoms with Crippen molar-refractivity contribution in [2.24, 2.45) is 0 Å². The summed E-state index contributed by atoms with van der Waals surface area (Å²) in [6.07, 6.45) is 0. The van der Waals surface area contributed by atoms with Gasteiger partial charge in [0.15, 0.2) is 0 Å². The highest BCUT2D eigenvalue weighted by atomic mass is 32.1. The SMILES string of the molecule is Cc1ccc(N(c2ccccc2)c2cc3c4cscc4c4cc(N(c5ccccc5)c5ccc(C)cc5)c5c6ccccc6oc5c4c3c3oc4ccccc4c23)cc1. The maximum absolute atomic E-state index is 7.16. The fourth-order valence-electron chi connectivity index (χ4n) is 9.14. The Morgan fingerprint density at radius 2 is 0.729 bits per heavy atom. The van der Waals surface area contributed by atoms with Crippen molar-refractivity contribution in [3.05, 3.63) is 192 Å². The number of thiophene rings is 1. The first-order chi connectivity index (χ1) is 29.1. The largest absolute Gasteiger partial charge is 0.455 e. The molecule has 0 saturated carbocycles. The molecule has 5 heteroatoms. The van der Waals surface area contributed by atoms with Crippen molar-refractivity contribution in [2.75, 3.05) is 9.80 Å². The number of fused-ring (bicyclic) bond motifs is 14. The Morgan fingerprint density at radius 3 is 1.15 bits per heavy atom. The van der Waals surface area contributed by atoms with Crippen LogP contribution >= 0.6 is 11.3 Å². The summed E-state index contributed by atoms with van der Waals surface area (Å²) in [7, 11) is 0. The molecule has 59 heavy (non-hydrogen) atoms. The molecular weight excluding hydrogens is 741 g/mol. The van der Waals surface area contributed by atoms with Gasteiger partial charge in [-0.1, -0.05) is 108 Å². The van der Waals surface area contributed by atoms with Crippen molar-refractivity contribution in [1.82, 2.24) is 0 Å². The number of hydrogen-bond acceptors (Lipinski definition) is 5. The Morgan fingerprint density at radius 1 is 0.356 bits per heavy atom. The van der Waals surface area contributed by atoms with Crippen LogP contribution in [0.3, 0.4) is 0 Å². The average Bonchev–Trinajstić information content (AvgIpc) is 4.03. The molecule has 0 saturated heterocycles. The van der Waals surface area contributed by atoms with Crippen LogP contribution in [0.5, 0.6) is 0 Å². The van der Waals surface area contributed by atoms with E-state index in [-0.39, 0.29) is 0 Å². The summed E-state index contributed by atoms with van der Waals surface area (Å²) >= 11 is 1.73. The molecule has 4 nitrogen and oxygen atoms in total. The van der Waals surface area contributed by atoms with E-state index in [9.17, 15) is 0 Å². The van der Waals surface area contributed by atoms with Crippen molar-refractivity contribution < 1.29 is 8.83 Å². The van der Waals surface area contributed by atoms with Gasteiger partial charge in [0.2, 0.25) is 0 Å². The van der Waals surface area contributed by atoms with Crippen molar-refractivity contribution in [3.63, 3.8) is 0 Å². The number of anilines is 6. The third-order valence-electron chi connectivity index (χ3n) is 11.8. The van der Waals surface area contributed by atoms with Crippen LogP contribution in [0.25, 0.3) is 76.2 Å². The molecule has 0 fully saturated rings. The summed E-state index contributed by atoms with van der Waals surface area (Å²) in [5.74, 6) is 0. The summed E-state index contributed by atoms with van der Waals surface area (Å²) in [6.45, 7) is 4.27. The Kier molecular flexibility index (Phi) is 7.50. The third kappa shape index (κ3) is 5.15. The van der Waals surface area contributed by atoms with Crippen LogP contribution in [0.2, 0.25) is 0 Å². The molecule has 0 amide bonds. The minimum absolute atomic E-state index is 0.845. The minimum atomic E-state index is 0.845. The van der Waals surface area contributed by atoms with Gasteiger partial charge in [-0.15, -0.1) is 0 Å². The first-order valence-electron chi connectivity index (χ1n) is 20.0. The predicted octanol–water partition coefficient (Wildman–Crippen LogP) is 16.6. The highest BCUT2D eigenvalue weighted by Gasteiger charge is 2.28. The Balaban J connectivity index is 1.29. The van der Waals surface area contributed by atoms with Gasteiger partial charge in [-0.05, 0) is 108 Å². The van der Waals surface area contributed by atoms with Crippen molar-refractivity contribution in [2.45, 2.75) is 13.8 Å². The van der Waals surface area contributed by atoms with Crippen molar-refractivity contribution >= 4 is 122 Å². The van der Waals surface area contributed by atoms with E-state index < -0.39 is 0 Å². The molecule has 0 unspecified atom stereocenters. The zero-order chi connectivity index (χ0) is 39.2. The Labute approximate surface area is 344 Å². The smallest absolute Gasteiger partial charge is 0.146 e. The topological polar surface area (TPSA) is 32.8 Å². The molecule has 9 aromatic carbocycles. The van der Waals surface area contributed by atoms with E-state index in [1.165, 1.54) is 21.9 Å². The number of rotatable bonds is 6. The van der Waals surface area contributed by atoms with Crippen molar-refractivity contribution in [1.29, 1.82) is 0 Å². The summed E-state index contributed by atoms with van der Waals surface area (Å²) in [5, 5.41) is 15.6. The molecule has 0 bridgehead atoms. The van der Waals surface area contributed by atoms with E-state index >= 15 is 0 Å². The molecule has 0 atom stereocenters. The lowest BCUT2D eigenvalue weighted by molar-refractivity contribution is 0.670. The molecule has 3 aromatic heterocycles. The van der Waals surface area contributed by atoms with Crippen LogP contribution < -0.4 is 9.80 Å². The number of nitrogens with zero attached hydrogens (tertiary/aromatic N) is 2. The average molecular weight is 777 g/mol. The first kappa shape index (κ1) is 33.8. The molecule has 0 radical (unpaired) electrons.